The minimum Gasteiger partial charge on any atom is -0.327 e. The first-order valence-electron chi connectivity index (χ1n) is 10.9. The van der Waals surface area contributed by atoms with Gasteiger partial charge in [0.15, 0.2) is 0 Å². The van der Waals surface area contributed by atoms with E-state index in [0.29, 0.717) is 0 Å². The van der Waals surface area contributed by atoms with Gasteiger partial charge in [-0.05, 0) is 37.1 Å². The lowest BCUT2D eigenvalue weighted by molar-refractivity contribution is 0.130. The summed E-state index contributed by atoms with van der Waals surface area (Å²) in [4.78, 5) is 20.0. The average Bonchev–Trinajstić information content (AvgIpc) is 3.31. The lowest BCUT2D eigenvalue weighted by atomic mass is 9.99. The molecule has 5 nitrogen and oxygen atoms in total. The maximum absolute atomic E-state index is 13.0. The fraction of sp³-hybridized carbons (Fsp3) is 0.458. The Bertz CT molecular complexity index is 713. The van der Waals surface area contributed by atoms with Gasteiger partial charge in [0.1, 0.15) is 0 Å². The highest BCUT2D eigenvalue weighted by atomic mass is 16.2. The van der Waals surface area contributed by atoms with Gasteiger partial charge >= 0.3 is 6.03 Å². The molecule has 1 N–H and O–H groups in total. The van der Waals surface area contributed by atoms with E-state index in [1.54, 1.807) is 0 Å². The SMILES string of the molecule is O=C(NC(c1ccccc1)c1ccccc1)N1CCN(CCN2CCCC2)CC1. The Morgan fingerprint density at radius 1 is 0.724 bits per heavy atom. The summed E-state index contributed by atoms with van der Waals surface area (Å²) in [6, 6.07) is 20.3. The summed E-state index contributed by atoms with van der Waals surface area (Å²) in [6.45, 7) is 8.29. The highest BCUT2D eigenvalue weighted by Gasteiger charge is 2.24. The Morgan fingerprint density at radius 2 is 1.21 bits per heavy atom. The molecule has 4 rings (SSSR count). The van der Waals surface area contributed by atoms with E-state index in [2.05, 4.69) is 39.4 Å². The Kier molecular flexibility index (Phi) is 6.80. The molecule has 0 radical (unpaired) electrons. The maximum atomic E-state index is 13.0. The van der Waals surface area contributed by atoms with Gasteiger partial charge in [0, 0.05) is 39.3 Å². The van der Waals surface area contributed by atoms with Crippen molar-refractivity contribution in [3.63, 3.8) is 0 Å². The third kappa shape index (κ3) is 5.37. The van der Waals surface area contributed by atoms with Crippen molar-refractivity contribution >= 4 is 6.03 Å². The first-order chi connectivity index (χ1) is 14.3. The molecule has 154 valence electrons. The monoisotopic (exact) mass is 392 g/mol. The van der Waals surface area contributed by atoms with Crippen molar-refractivity contribution in [2.24, 2.45) is 0 Å². The number of amides is 2. The molecule has 0 atom stereocenters. The zero-order valence-corrected chi connectivity index (χ0v) is 17.2. The van der Waals surface area contributed by atoms with Crippen molar-refractivity contribution in [2.75, 3.05) is 52.4 Å². The van der Waals surface area contributed by atoms with Crippen LogP contribution in [0, 0.1) is 0 Å². The number of urea groups is 1. The fourth-order valence-electron chi connectivity index (χ4n) is 4.33. The van der Waals surface area contributed by atoms with E-state index in [0.717, 1.165) is 50.4 Å². The molecule has 0 aliphatic carbocycles. The molecule has 2 aromatic rings. The Hall–Kier alpha value is -2.37. The van der Waals surface area contributed by atoms with Gasteiger partial charge in [-0.3, -0.25) is 4.90 Å². The molecule has 2 aliphatic rings. The molecule has 2 aliphatic heterocycles. The van der Waals surface area contributed by atoms with Gasteiger partial charge in [0.25, 0.3) is 0 Å². The summed E-state index contributed by atoms with van der Waals surface area (Å²) in [5.74, 6) is 0. The molecular formula is C24H32N4O. The molecule has 0 unspecified atom stereocenters. The van der Waals surface area contributed by atoms with E-state index in [1.807, 2.05) is 41.3 Å². The second kappa shape index (κ2) is 9.90. The summed E-state index contributed by atoms with van der Waals surface area (Å²) < 4.78 is 0. The average molecular weight is 393 g/mol. The molecule has 0 saturated carbocycles. The van der Waals surface area contributed by atoms with Gasteiger partial charge < -0.3 is 15.1 Å². The Balaban J connectivity index is 1.32. The second-order valence-electron chi connectivity index (χ2n) is 8.08. The summed E-state index contributed by atoms with van der Waals surface area (Å²) >= 11 is 0. The van der Waals surface area contributed by atoms with Crippen LogP contribution in [0.3, 0.4) is 0 Å². The third-order valence-electron chi connectivity index (χ3n) is 6.12. The van der Waals surface area contributed by atoms with E-state index in [-0.39, 0.29) is 12.1 Å². The lowest BCUT2D eigenvalue weighted by Gasteiger charge is -2.36. The number of benzene rings is 2. The zero-order valence-electron chi connectivity index (χ0n) is 17.2. The van der Waals surface area contributed by atoms with Crippen LogP contribution in [0.4, 0.5) is 4.79 Å². The second-order valence-corrected chi connectivity index (χ2v) is 8.08. The van der Waals surface area contributed by atoms with Gasteiger partial charge in [0.05, 0.1) is 6.04 Å². The molecule has 2 saturated heterocycles. The van der Waals surface area contributed by atoms with E-state index < -0.39 is 0 Å². The van der Waals surface area contributed by atoms with E-state index >= 15 is 0 Å². The van der Waals surface area contributed by atoms with Crippen molar-refractivity contribution in [1.82, 2.24) is 20.0 Å². The van der Waals surface area contributed by atoms with E-state index in [4.69, 9.17) is 0 Å². The largest absolute Gasteiger partial charge is 0.327 e. The minimum atomic E-state index is -0.127. The van der Waals surface area contributed by atoms with Crippen LogP contribution in [0.15, 0.2) is 60.7 Å². The first kappa shape index (κ1) is 19.9. The summed E-state index contributed by atoms with van der Waals surface area (Å²) in [5.41, 5.74) is 2.22. The number of hydrogen-bond acceptors (Lipinski definition) is 3. The van der Waals surface area contributed by atoms with Crippen LogP contribution in [0.5, 0.6) is 0 Å². The number of carbonyl (C=O) groups excluding carboxylic acids is 1. The molecule has 2 heterocycles. The van der Waals surface area contributed by atoms with Crippen LogP contribution in [-0.2, 0) is 0 Å². The van der Waals surface area contributed by atoms with E-state index in [1.165, 1.54) is 25.9 Å². The van der Waals surface area contributed by atoms with Crippen LogP contribution in [-0.4, -0.2) is 73.1 Å². The summed E-state index contributed by atoms with van der Waals surface area (Å²) in [7, 11) is 0. The molecular weight excluding hydrogens is 360 g/mol. The Morgan fingerprint density at radius 3 is 1.72 bits per heavy atom. The van der Waals surface area contributed by atoms with Crippen LogP contribution < -0.4 is 5.32 Å². The summed E-state index contributed by atoms with van der Waals surface area (Å²) in [5, 5.41) is 3.27. The molecule has 0 bridgehead atoms. The topological polar surface area (TPSA) is 38.8 Å². The van der Waals surface area contributed by atoms with Crippen molar-refractivity contribution < 1.29 is 4.79 Å². The predicted molar refractivity (Wildman–Crippen MR) is 117 cm³/mol. The molecule has 0 aromatic heterocycles. The zero-order chi connectivity index (χ0) is 19.9. The smallest absolute Gasteiger partial charge is 0.318 e. The summed E-state index contributed by atoms with van der Waals surface area (Å²) in [6.07, 6.45) is 2.69. The number of carbonyl (C=O) groups is 1. The predicted octanol–water partition coefficient (Wildman–Crippen LogP) is 3.20. The van der Waals surface area contributed by atoms with Gasteiger partial charge in [-0.25, -0.2) is 4.79 Å². The molecule has 2 amide bonds. The van der Waals surface area contributed by atoms with Gasteiger partial charge in [-0.15, -0.1) is 0 Å². The van der Waals surface area contributed by atoms with Crippen LogP contribution >= 0.6 is 0 Å². The van der Waals surface area contributed by atoms with Gasteiger partial charge in [-0.2, -0.15) is 0 Å². The van der Waals surface area contributed by atoms with Crippen LogP contribution in [0.1, 0.15) is 30.0 Å². The molecule has 5 heteroatoms. The van der Waals surface area contributed by atoms with Crippen LogP contribution in [0.25, 0.3) is 0 Å². The number of rotatable bonds is 6. The van der Waals surface area contributed by atoms with Crippen molar-refractivity contribution in [3.05, 3.63) is 71.8 Å². The number of piperazine rings is 1. The number of nitrogens with zero attached hydrogens (tertiary/aromatic N) is 3. The third-order valence-corrected chi connectivity index (χ3v) is 6.12. The standard InChI is InChI=1S/C24H32N4O/c29-24(28-19-17-27(18-20-28)16-15-26-13-7-8-14-26)25-23(21-9-3-1-4-10-21)22-11-5-2-6-12-22/h1-6,9-12,23H,7-8,13-20H2,(H,25,29). The van der Waals surface area contributed by atoms with E-state index in [9.17, 15) is 4.79 Å². The van der Waals surface area contributed by atoms with Crippen molar-refractivity contribution in [2.45, 2.75) is 18.9 Å². The maximum Gasteiger partial charge on any atom is 0.318 e. The van der Waals surface area contributed by atoms with Crippen LogP contribution in [0.2, 0.25) is 0 Å². The normalized spacial score (nSPS) is 18.3. The quantitative estimate of drug-likeness (QED) is 0.821. The number of likely N-dealkylation sites (tertiary alicyclic amines) is 1. The Labute approximate surface area is 174 Å². The molecule has 0 spiro atoms. The number of hydrogen-bond donors (Lipinski definition) is 1. The van der Waals surface area contributed by atoms with Gasteiger partial charge in [0.2, 0.25) is 0 Å². The first-order valence-corrected chi connectivity index (χ1v) is 10.9. The van der Waals surface area contributed by atoms with Crippen molar-refractivity contribution in [3.8, 4) is 0 Å². The van der Waals surface area contributed by atoms with Gasteiger partial charge in [-0.1, -0.05) is 60.7 Å². The van der Waals surface area contributed by atoms with Crippen molar-refractivity contribution in [1.29, 1.82) is 0 Å². The molecule has 29 heavy (non-hydrogen) atoms. The highest BCUT2D eigenvalue weighted by molar-refractivity contribution is 5.75. The highest BCUT2D eigenvalue weighted by Crippen LogP contribution is 2.22. The number of nitrogens with one attached hydrogen (secondary N) is 1. The lowest BCUT2D eigenvalue weighted by Crippen LogP contribution is -2.53. The molecule has 2 aromatic carbocycles. The minimum absolute atomic E-state index is 0.0295. The molecule has 2 fully saturated rings. The fourth-order valence-corrected chi connectivity index (χ4v) is 4.33.